The van der Waals surface area contributed by atoms with Crippen LogP contribution in [0.2, 0.25) is 0 Å². The molecule has 4 N–H and O–H groups in total. The molecule has 1 aromatic heterocycles. The number of rotatable bonds is 4. The molecule has 3 aliphatic carbocycles. The molecular formula is C25H32N4O3. The van der Waals surface area contributed by atoms with Gasteiger partial charge in [-0.15, -0.1) is 0 Å². The van der Waals surface area contributed by atoms with E-state index in [1.54, 1.807) is 6.07 Å². The predicted octanol–water partition coefficient (Wildman–Crippen LogP) is 3.40. The summed E-state index contributed by atoms with van der Waals surface area (Å²) in [5.74, 6) is 0.753. The van der Waals surface area contributed by atoms with Crippen LogP contribution in [-0.2, 0) is 6.42 Å². The van der Waals surface area contributed by atoms with Crippen LogP contribution < -0.4 is 11.1 Å². The van der Waals surface area contributed by atoms with Crippen molar-refractivity contribution in [3.05, 3.63) is 40.7 Å². The monoisotopic (exact) mass is 436 g/mol. The number of nitrogens with one attached hydrogen (secondary N) is 1. The third-order valence-corrected chi connectivity index (χ3v) is 7.58. The zero-order chi connectivity index (χ0) is 22.8. The molecule has 1 aromatic carbocycles. The minimum absolute atomic E-state index is 0.116. The molecule has 7 heteroatoms. The molecule has 2 aromatic rings. The third-order valence-electron chi connectivity index (χ3n) is 7.58. The summed E-state index contributed by atoms with van der Waals surface area (Å²) in [6, 6.07) is 5.78. The van der Waals surface area contributed by atoms with Crippen LogP contribution in [0.5, 0.6) is 0 Å². The number of amides is 1. The second kappa shape index (κ2) is 7.44. The number of hydrogen-bond acceptors (Lipinski definition) is 5. The Morgan fingerprint density at radius 2 is 1.88 bits per heavy atom. The number of benzene rings is 1. The lowest BCUT2D eigenvalue weighted by Gasteiger charge is -2.29. The number of nitrogens with zero attached hydrogens (tertiary/aromatic N) is 2. The van der Waals surface area contributed by atoms with E-state index in [1.807, 2.05) is 23.7 Å². The molecule has 2 saturated carbocycles. The number of aliphatic hydroxyl groups is 1. The second-order valence-corrected chi connectivity index (χ2v) is 10.8. The van der Waals surface area contributed by atoms with E-state index in [0.29, 0.717) is 29.5 Å². The van der Waals surface area contributed by atoms with E-state index in [0.717, 1.165) is 54.7 Å². The number of aryl methyl sites for hydroxylation is 1. The van der Waals surface area contributed by atoms with Crippen molar-refractivity contribution in [2.45, 2.75) is 71.4 Å². The van der Waals surface area contributed by atoms with Crippen LogP contribution in [0.15, 0.2) is 18.2 Å². The normalized spacial score (nSPS) is 28.4. The summed E-state index contributed by atoms with van der Waals surface area (Å²) in [6.45, 7) is 6.10. The molecule has 3 aliphatic rings. The lowest BCUT2D eigenvalue weighted by atomic mass is 9.75. The van der Waals surface area contributed by atoms with E-state index in [-0.39, 0.29) is 23.3 Å². The smallest absolute Gasteiger partial charge is 0.250 e. The molecule has 2 fully saturated rings. The van der Waals surface area contributed by atoms with Gasteiger partial charge in [0.25, 0.3) is 5.91 Å². The van der Waals surface area contributed by atoms with Crippen molar-refractivity contribution < 1.29 is 14.7 Å². The van der Waals surface area contributed by atoms with E-state index < -0.39 is 5.91 Å². The number of Topliss-reactive ketones (excluding diaryl/α,β-unsaturated/α-hetero) is 1. The highest BCUT2D eigenvalue weighted by molar-refractivity contribution is 6.00. The van der Waals surface area contributed by atoms with Crippen molar-refractivity contribution in [3.63, 3.8) is 0 Å². The van der Waals surface area contributed by atoms with Gasteiger partial charge in [0.2, 0.25) is 0 Å². The highest BCUT2D eigenvalue weighted by atomic mass is 16.3. The molecule has 170 valence electrons. The molecule has 0 spiro atoms. The average Bonchev–Trinajstić information content (AvgIpc) is 3.31. The van der Waals surface area contributed by atoms with Crippen molar-refractivity contribution in [3.8, 4) is 5.69 Å². The number of nitrogens with two attached hydrogens (primary N) is 1. The minimum Gasteiger partial charge on any atom is -0.393 e. The van der Waals surface area contributed by atoms with E-state index in [1.165, 1.54) is 0 Å². The summed E-state index contributed by atoms with van der Waals surface area (Å²) in [6.07, 6.45) is 4.84. The number of primary amides is 1. The summed E-state index contributed by atoms with van der Waals surface area (Å²) in [4.78, 5) is 24.9. The number of aromatic nitrogens is 2. The number of anilines is 1. The third kappa shape index (κ3) is 3.62. The van der Waals surface area contributed by atoms with Gasteiger partial charge in [0, 0.05) is 18.2 Å². The standard InChI is InChI=1S/C25H32N4O3/c1-13-23-21(11-25(2,3)12-22(23)31)29(28-13)17-4-5-19(24(26)32)20(10-17)27-16-6-14-8-18(30)9-15(14)7-16/h4-5,10,14-16,18,27,30H,6-9,11-12H2,1-3H3,(H2,26,32)/t14-,15+,16?,18?. The predicted molar refractivity (Wildman–Crippen MR) is 122 cm³/mol. The Bertz CT molecular complexity index is 1090. The summed E-state index contributed by atoms with van der Waals surface area (Å²) >= 11 is 0. The highest BCUT2D eigenvalue weighted by Gasteiger charge is 2.41. The SMILES string of the molecule is Cc1nn(-c2ccc(C(N)=O)c(NC3C[C@H]4CC(O)C[C@H]4C3)c2)c2c1C(=O)CC(C)(C)C2. The first-order chi connectivity index (χ1) is 15.1. The second-order valence-electron chi connectivity index (χ2n) is 10.8. The van der Waals surface area contributed by atoms with Crippen molar-refractivity contribution in [2.24, 2.45) is 23.0 Å². The van der Waals surface area contributed by atoms with Crippen LogP contribution >= 0.6 is 0 Å². The Balaban J connectivity index is 1.49. The molecule has 5 rings (SSSR count). The van der Waals surface area contributed by atoms with Gasteiger partial charge in [-0.05, 0) is 74.5 Å². The van der Waals surface area contributed by atoms with E-state index in [2.05, 4.69) is 19.2 Å². The first-order valence-corrected chi connectivity index (χ1v) is 11.6. The lowest BCUT2D eigenvalue weighted by Crippen LogP contribution is -2.28. The first-order valence-electron chi connectivity index (χ1n) is 11.6. The highest BCUT2D eigenvalue weighted by Crippen LogP contribution is 2.45. The minimum atomic E-state index is -0.470. The van der Waals surface area contributed by atoms with E-state index >= 15 is 0 Å². The summed E-state index contributed by atoms with van der Waals surface area (Å²) in [7, 11) is 0. The number of hydrogen-bond donors (Lipinski definition) is 3. The number of aliphatic hydroxyl groups excluding tert-OH is 1. The zero-order valence-electron chi connectivity index (χ0n) is 19.0. The van der Waals surface area contributed by atoms with Crippen LogP contribution in [0, 0.1) is 24.2 Å². The molecule has 0 bridgehead atoms. The maximum atomic E-state index is 12.8. The summed E-state index contributed by atoms with van der Waals surface area (Å²) in [5, 5.41) is 18.2. The molecule has 32 heavy (non-hydrogen) atoms. The van der Waals surface area contributed by atoms with E-state index in [9.17, 15) is 14.7 Å². The fourth-order valence-electron chi connectivity index (χ4n) is 6.27. The van der Waals surface area contributed by atoms with Gasteiger partial charge in [-0.3, -0.25) is 9.59 Å². The number of fused-ring (bicyclic) bond motifs is 2. The maximum absolute atomic E-state index is 12.8. The zero-order valence-corrected chi connectivity index (χ0v) is 19.0. The Morgan fingerprint density at radius 3 is 2.53 bits per heavy atom. The van der Waals surface area contributed by atoms with Gasteiger partial charge in [0.15, 0.2) is 5.78 Å². The largest absolute Gasteiger partial charge is 0.393 e. The average molecular weight is 437 g/mol. The van der Waals surface area contributed by atoms with Crippen molar-refractivity contribution in [1.29, 1.82) is 0 Å². The van der Waals surface area contributed by atoms with Crippen LogP contribution in [0.3, 0.4) is 0 Å². The van der Waals surface area contributed by atoms with Gasteiger partial charge in [-0.2, -0.15) is 5.10 Å². The molecular weight excluding hydrogens is 404 g/mol. The number of ketones is 1. The van der Waals surface area contributed by atoms with Gasteiger partial charge in [-0.25, -0.2) is 4.68 Å². The molecule has 7 nitrogen and oxygen atoms in total. The molecule has 4 atom stereocenters. The van der Waals surface area contributed by atoms with Crippen molar-refractivity contribution >= 4 is 17.4 Å². The van der Waals surface area contributed by atoms with Gasteiger partial charge >= 0.3 is 0 Å². The van der Waals surface area contributed by atoms with Crippen LogP contribution in [-0.4, -0.2) is 38.7 Å². The van der Waals surface area contributed by atoms with Gasteiger partial charge in [-0.1, -0.05) is 13.8 Å². The number of carbonyl (C=O) groups excluding carboxylic acids is 2. The molecule has 1 amide bonds. The molecule has 0 radical (unpaired) electrons. The molecule has 0 saturated heterocycles. The number of carbonyl (C=O) groups is 2. The first kappa shape index (κ1) is 21.2. The van der Waals surface area contributed by atoms with Crippen molar-refractivity contribution in [2.75, 3.05) is 5.32 Å². The Labute approximate surface area is 188 Å². The van der Waals surface area contributed by atoms with Crippen LogP contribution in [0.1, 0.15) is 78.1 Å². The lowest BCUT2D eigenvalue weighted by molar-refractivity contribution is 0.0909. The molecule has 2 unspecified atom stereocenters. The topological polar surface area (TPSA) is 110 Å². The van der Waals surface area contributed by atoms with Gasteiger partial charge in [0.1, 0.15) is 0 Å². The fourth-order valence-corrected chi connectivity index (χ4v) is 6.27. The Morgan fingerprint density at radius 1 is 1.19 bits per heavy atom. The summed E-state index contributed by atoms with van der Waals surface area (Å²) in [5.41, 5.74) is 9.97. The molecule has 0 aliphatic heterocycles. The van der Waals surface area contributed by atoms with Gasteiger partial charge < -0.3 is 16.2 Å². The quantitative estimate of drug-likeness (QED) is 0.680. The summed E-state index contributed by atoms with van der Waals surface area (Å²) < 4.78 is 1.86. The van der Waals surface area contributed by atoms with Gasteiger partial charge in [0.05, 0.1) is 34.3 Å². The molecule has 1 heterocycles. The Kier molecular flexibility index (Phi) is 4.93. The fraction of sp³-hybridized carbons (Fsp3) is 0.560. The van der Waals surface area contributed by atoms with Crippen LogP contribution in [0.4, 0.5) is 5.69 Å². The van der Waals surface area contributed by atoms with E-state index in [4.69, 9.17) is 10.8 Å². The maximum Gasteiger partial charge on any atom is 0.250 e. The van der Waals surface area contributed by atoms with Crippen LogP contribution in [0.25, 0.3) is 5.69 Å². The Hall–Kier alpha value is -2.67. The van der Waals surface area contributed by atoms with Crippen molar-refractivity contribution in [1.82, 2.24) is 9.78 Å².